The van der Waals surface area contributed by atoms with Gasteiger partial charge in [-0.2, -0.15) is 10.2 Å². The molecule has 4 aliphatic rings. The Morgan fingerprint density at radius 2 is 1.40 bits per heavy atom. The maximum absolute atomic E-state index is 13.9. The summed E-state index contributed by atoms with van der Waals surface area (Å²) < 4.78 is 13.7. The Labute approximate surface area is 283 Å². The van der Waals surface area contributed by atoms with Crippen molar-refractivity contribution in [2.45, 2.75) is 75.5 Å². The number of benzene rings is 3. The number of carbonyl (C=O) groups excluding carboxylic acids is 1. The van der Waals surface area contributed by atoms with E-state index in [1.54, 1.807) is 13.0 Å². The van der Waals surface area contributed by atoms with E-state index in [2.05, 4.69) is 42.5 Å². The van der Waals surface area contributed by atoms with Gasteiger partial charge in [-0.25, -0.2) is 0 Å². The first-order valence-corrected chi connectivity index (χ1v) is 17.2. The first-order valence-electron chi connectivity index (χ1n) is 17.2. The standard InChI is InChI=1S/C41H46N2O5/c1-6-47-39-24-28(3)40(46)33(35(39)37(4,5)42-43-39)23-29(25-38(45)34(40)22-27(2)36(38)44)26-48-41(30-16-10-7-11-17-30,31-18-12-8-13-19-31)32-20-14-9-15-21-32/h7-23,28,33-35,45-46H,6,24-26H2,1-5H3/t28-,33+,34-,35-,38-,39+,40-/m1/s1. The molecule has 3 aromatic rings. The van der Waals surface area contributed by atoms with E-state index < -0.39 is 39.9 Å². The summed E-state index contributed by atoms with van der Waals surface area (Å²) in [5.41, 5.74) is -1.81. The molecule has 0 amide bonds. The number of hydrogen-bond acceptors (Lipinski definition) is 7. The number of carbonyl (C=O) groups is 1. The number of rotatable bonds is 8. The molecule has 7 nitrogen and oxygen atoms in total. The van der Waals surface area contributed by atoms with Gasteiger partial charge in [0.2, 0.25) is 0 Å². The molecule has 3 aromatic carbocycles. The fraction of sp³-hybridized carbons (Fsp3) is 0.439. The maximum atomic E-state index is 13.9. The van der Waals surface area contributed by atoms with Crippen molar-refractivity contribution in [1.82, 2.24) is 0 Å². The molecule has 1 aliphatic heterocycles. The molecule has 1 heterocycles. The third-order valence-electron chi connectivity index (χ3n) is 11.5. The van der Waals surface area contributed by atoms with Gasteiger partial charge in [-0.05, 0) is 61.4 Å². The van der Waals surface area contributed by atoms with Crippen LogP contribution in [0.3, 0.4) is 0 Å². The van der Waals surface area contributed by atoms with Crippen molar-refractivity contribution in [1.29, 1.82) is 0 Å². The highest BCUT2D eigenvalue weighted by molar-refractivity contribution is 6.04. The summed E-state index contributed by atoms with van der Waals surface area (Å²) in [7, 11) is 0. The van der Waals surface area contributed by atoms with Crippen molar-refractivity contribution in [2.75, 3.05) is 13.2 Å². The van der Waals surface area contributed by atoms with E-state index in [1.165, 1.54) is 0 Å². The van der Waals surface area contributed by atoms with Crippen molar-refractivity contribution in [3.05, 3.63) is 131 Å². The van der Waals surface area contributed by atoms with Gasteiger partial charge in [-0.15, -0.1) is 0 Å². The van der Waals surface area contributed by atoms with Crippen LogP contribution in [0.1, 0.15) is 64.2 Å². The lowest BCUT2D eigenvalue weighted by Crippen LogP contribution is -2.67. The van der Waals surface area contributed by atoms with Crippen molar-refractivity contribution < 1.29 is 24.5 Å². The van der Waals surface area contributed by atoms with E-state index in [0.29, 0.717) is 18.6 Å². The van der Waals surface area contributed by atoms with Crippen LogP contribution in [0.4, 0.5) is 0 Å². The van der Waals surface area contributed by atoms with E-state index in [4.69, 9.17) is 19.7 Å². The molecule has 0 spiro atoms. The molecule has 7 rings (SSSR count). The predicted octanol–water partition coefficient (Wildman–Crippen LogP) is 7.18. The summed E-state index contributed by atoms with van der Waals surface area (Å²) in [5.74, 6) is -2.40. The zero-order chi connectivity index (χ0) is 34.0. The van der Waals surface area contributed by atoms with Crippen molar-refractivity contribution in [3.63, 3.8) is 0 Å². The molecule has 7 atom stereocenters. The third-order valence-corrected chi connectivity index (χ3v) is 11.5. The van der Waals surface area contributed by atoms with Gasteiger partial charge in [0, 0.05) is 37.2 Å². The summed E-state index contributed by atoms with van der Waals surface area (Å²) in [6.07, 6.45) is 4.34. The molecular weight excluding hydrogens is 600 g/mol. The number of nitrogens with zero attached hydrogens (tertiary/aromatic N) is 2. The van der Waals surface area contributed by atoms with E-state index in [0.717, 1.165) is 22.3 Å². The quantitative estimate of drug-likeness (QED) is 0.200. The Morgan fingerprint density at radius 1 is 0.854 bits per heavy atom. The highest BCUT2D eigenvalue weighted by Gasteiger charge is 2.71. The molecule has 48 heavy (non-hydrogen) atoms. The van der Waals surface area contributed by atoms with Crippen LogP contribution in [0.15, 0.2) is 125 Å². The molecule has 0 saturated heterocycles. The molecular formula is C41H46N2O5. The summed E-state index contributed by atoms with van der Waals surface area (Å²) in [6.45, 7) is 10.3. The van der Waals surface area contributed by atoms with Gasteiger partial charge < -0.3 is 19.7 Å². The average Bonchev–Trinajstić information content (AvgIpc) is 3.44. The summed E-state index contributed by atoms with van der Waals surface area (Å²) >= 11 is 0. The van der Waals surface area contributed by atoms with E-state index in [-0.39, 0.29) is 30.6 Å². The monoisotopic (exact) mass is 646 g/mol. The van der Waals surface area contributed by atoms with Crippen LogP contribution in [0, 0.1) is 23.7 Å². The number of aliphatic hydroxyl groups is 2. The lowest BCUT2D eigenvalue weighted by Gasteiger charge is -2.57. The molecule has 3 aliphatic carbocycles. The van der Waals surface area contributed by atoms with Crippen LogP contribution in [-0.4, -0.2) is 51.7 Å². The second-order valence-corrected chi connectivity index (χ2v) is 14.8. The molecule has 0 aromatic heterocycles. The fourth-order valence-electron chi connectivity index (χ4n) is 9.53. The Kier molecular flexibility index (Phi) is 7.99. The summed E-state index contributed by atoms with van der Waals surface area (Å²) in [6, 6.07) is 30.4. The smallest absolute Gasteiger partial charge is 0.190 e. The lowest BCUT2D eigenvalue weighted by atomic mass is 9.52. The van der Waals surface area contributed by atoms with Crippen LogP contribution in [0.2, 0.25) is 0 Å². The van der Waals surface area contributed by atoms with Crippen LogP contribution >= 0.6 is 0 Å². The largest absolute Gasteiger partial charge is 0.388 e. The topological polar surface area (TPSA) is 101 Å². The highest BCUT2D eigenvalue weighted by atomic mass is 16.5. The van der Waals surface area contributed by atoms with E-state index in [9.17, 15) is 15.0 Å². The van der Waals surface area contributed by atoms with Gasteiger partial charge in [0.05, 0.1) is 17.7 Å². The van der Waals surface area contributed by atoms with Gasteiger partial charge in [0.25, 0.3) is 0 Å². The third kappa shape index (κ3) is 4.73. The normalized spacial score (nSPS) is 33.7. The summed E-state index contributed by atoms with van der Waals surface area (Å²) in [5, 5.41) is 35.1. The molecule has 7 heteroatoms. The van der Waals surface area contributed by atoms with E-state index >= 15 is 0 Å². The number of fused-ring (bicyclic) bond motifs is 5. The first-order chi connectivity index (χ1) is 22.9. The number of azo groups is 1. The van der Waals surface area contributed by atoms with E-state index in [1.807, 2.05) is 82.3 Å². The van der Waals surface area contributed by atoms with Gasteiger partial charge in [-0.3, -0.25) is 4.79 Å². The van der Waals surface area contributed by atoms with Crippen LogP contribution < -0.4 is 0 Å². The molecule has 2 N–H and O–H groups in total. The maximum Gasteiger partial charge on any atom is 0.190 e. The SMILES string of the molecule is CCO[C@@]12C[C@@H](C)[C@@]3(O)[C@@H](C=C(COC(c4ccccc4)(c4ccccc4)c4ccccc4)C[C@]4(O)C(=O)C(C)=C[C@@H]34)[C@@H]1C(C)(C)N=N2. The summed E-state index contributed by atoms with van der Waals surface area (Å²) in [4.78, 5) is 13.9. The van der Waals surface area contributed by atoms with Gasteiger partial charge in [0.15, 0.2) is 11.5 Å². The Morgan fingerprint density at radius 3 is 1.92 bits per heavy atom. The van der Waals surface area contributed by atoms with Crippen LogP contribution in [0.5, 0.6) is 0 Å². The van der Waals surface area contributed by atoms with Crippen molar-refractivity contribution in [3.8, 4) is 0 Å². The predicted molar refractivity (Wildman–Crippen MR) is 184 cm³/mol. The van der Waals surface area contributed by atoms with Gasteiger partial charge >= 0.3 is 0 Å². The lowest BCUT2D eigenvalue weighted by molar-refractivity contribution is -0.225. The first kappa shape index (κ1) is 32.8. The van der Waals surface area contributed by atoms with Crippen molar-refractivity contribution in [2.24, 2.45) is 33.9 Å². The highest BCUT2D eigenvalue weighted by Crippen LogP contribution is 2.63. The minimum Gasteiger partial charge on any atom is -0.388 e. The Hall–Kier alpha value is -3.75. The number of hydrogen-bond donors (Lipinski definition) is 2. The molecule has 1 saturated carbocycles. The Balaban J connectivity index is 1.41. The second kappa shape index (κ2) is 11.7. The van der Waals surface area contributed by atoms with Crippen LogP contribution in [0.25, 0.3) is 0 Å². The van der Waals surface area contributed by atoms with Crippen molar-refractivity contribution >= 4 is 5.78 Å². The zero-order valence-corrected chi connectivity index (χ0v) is 28.5. The fourth-order valence-corrected chi connectivity index (χ4v) is 9.53. The Bertz CT molecular complexity index is 1670. The average molecular weight is 647 g/mol. The molecule has 1 fully saturated rings. The molecule has 0 bridgehead atoms. The zero-order valence-electron chi connectivity index (χ0n) is 28.5. The number of ketones is 1. The molecule has 0 unspecified atom stereocenters. The minimum atomic E-state index is -1.82. The number of ether oxygens (including phenoxy) is 2. The molecule has 250 valence electrons. The van der Waals surface area contributed by atoms with Gasteiger partial charge in [0.1, 0.15) is 11.2 Å². The molecule has 0 radical (unpaired) electrons. The van der Waals surface area contributed by atoms with Gasteiger partial charge in [-0.1, -0.05) is 110 Å². The second-order valence-electron chi connectivity index (χ2n) is 14.8. The minimum absolute atomic E-state index is 0.0351. The number of Topliss-reactive ketones (excluding diaryl/α,β-unsaturated/α-hetero) is 1. The van der Waals surface area contributed by atoms with Crippen LogP contribution in [-0.2, 0) is 19.9 Å².